The zero-order valence-corrected chi connectivity index (χ0v) is 14.8. The molecule has 0 bridgehead atoms. The fraction of sp³-hybridized carbons (Fsp3) is 0.357. The molecule has 124 valence electrons. The summed E-state index contributed by atoms with van der Waals surface area (Å²) in [4.78, 5) is 14.6. The second kappa shape index (κ2) is 6.88. The molecule has 3 rings (SSSR count). The molecule has 1 aliphatic heterocycles. The number of carbonyl (C=O) groups is 1. The summed E-state index contributed by atoms with van der Waals surface area (Å²) in [6.45, 7) is -1.07. The van der Waals surface area contributed by atoms with Gasteiger partial charge < -0.3 is 14.4 Å². The number of carbonyl (C=O) groups excluding carboxylic acids is 1. The van der Waals surface area contributed by atoms with Gasteiger partial charge in [0.2, 0.25) is 0 Å². The molecule has 0 spiro atoms. The summed E-state index contributed by atoms with van der Waals surface area (Å²) in [5.41, 5.74) is 0. The normalized spacial score (nSPS) is 15.4. The van der Waals surface area contributed by atoms with Crippen LogP contribution in [0.1, 0.15) is 9.67 Å². The predicted molar refractivity (Wildman–Crippen MR) is 87.9 cm³/mol. The Hall–Kier alpha value is -0.960. The molecule has 1 saturated heterocycles. The minimum atomic E-state index is -2.96. The molecule has 1 aromatic carbocycles. The molecule has 0 unspecified atom stereocenters. The molecule has 0 saturated carbocycles. The van der Waals surface area contributed by atoms with E-state index in [2.05, 4.69) is 20.7 Å². The third-order valence-corrected chi connectivity index (χ3v) is 6.03. The Balaban J connectivity index is 2.06. The number of nitrogens with zero attached hydrogens (tertiary/aromatic N) is 1. The van der Waals surface area contributed by atoms with Crippen molar-refractivity contribution in [3.8, 4) is 5.75 Å². The van der Waals surface area contributed by atoms with Gasteiger partial charge >= 0.3 is 6.61 Å². The number of morpholine rings is 1. The van der Waals surface area contributed by atoms with Crippen molar-refractivity contribution in [3.63, 3.8) is 0 Å². The van der Waals surface area contributed by atoms with E-state index in [9.17, 15) is 13.6 Å². The first-order valence-corrected chi connectivity index (χ1v) is 8.70. The molecule has 2 heterocycles. The van der Waals surface area contributed by atoms with Crippen molar-refractivity contribution in [3.05, 3.63) is 26.5 Å². The van der Waals surface area contributed by atoms with E-state index >= 15 is 0 Å². The van der Waals surface area contributed by atoms with E-state index in [0.717, 1.165) is 11.3 Å². The van der Waals surface area contributed by atoms with Crippen LogP contribution in [0.25, 0.3) is 10.1 Å². The number of fused-ring (bicyclic) bond motifs is 1. The number of halogens is 4. The first-order valence-electron chi connectivity index (χ1n) is 6.71. The summed E-state index contributed by atoms with van der Waals surface area (Å²) in [5.74, 6) is -0.269. The lowest BCUT2D eigenvalue weighted by atomic mass is 10.2. The Kier molecular flexibility index (Phi) is 5.05. The van der Waals surface area contributed by atoms with Crippen LogP contribution in [0.2, 0.25) is 5.02 Å². The summed E-state index contributed by atoms with van der Waals surface area (Å²) in [5, 5.41) is 0.460. The van der Waals surface area contributed by atoms with Crippen LogP contribution in [0.3, 0.4) is 0 Å². The molecule has 4 nitrogen and oxygen atoms in total. The van der Waals surface area contributed by atoms with Crippen LogP contribution in [-0.2, 0) is 4.74 Å². The molecule has 0 N–H and O–H groups in total. The van der Waals surface area contributed by atoms with Crippen LogP contribution in [0.4, 0.5) is 8.78 Å². The van der Waals surface area contributed by atoms with Crippen molar-refractivity contribution >= 4 is 54.9 Å². The lowest BCUT2D eigenvalue weighted by molar-refractivity contribution is -0.0487. The van der Waals surface area contributed by atoms with Crippen LogP contribution in [0.15, 0.2) is 16.6 Å². The van der Waals surface area contributed by atoms with E-state index in [0.29, 0.717) is 45.7 Å². The lowest BCUT2D eigenvalue weighted by Gasteiger charge is -2.26. The quantitative estimate of drug-likeness (QED) is 0.731. The fourth-order valence-electron chi connectivity index (χ4n) is 2.35. The number of amides is 1. The highest BCUT2D eigenvalue weighted by Crippen LogP contribution is 2.45. The van der Waals surface area contributed by atoms with E-state index in [1.807, 2.05) is 0 Å². The number of alkyl halides is 2. The molecule has 0 atom stereocenters. The Morgan fingerprint density at radius 3 is 2.74 bits per heavy atom. The average molecular weight is 427 g/mol. The largest absolute Gasteiger partial charge is 0.434 e. The minimum absolute atomic E-state index is 0.0412. The van der Waals surface area contributed by atoms with Crippen LogP contribution in [-0.4, -0.2) is 43.7 Å². The molecule has 0 aliphatic carbocycles. The molecular formula is C14H11BrClF2NO3S. The van der Waals surface area contributed by atoms with E-state index in [1.165, 1.54) is 6.07 Å². The van der Waals surface area contributed by atoms with Crippen LogP contribution in [0.5, 0.6) is 5.75 Å². The molecule has 23 heavy (non-hydrogen) atoms. The summed E-state index contributed by atoms with van der Waals surface area (Å²) >= 11 is 10.8. The molecular weight excluding hydrogens is 416 g/mol. The average Bonchev–Trinajstić information content (AvgIpc) is 2.89. The second-order valence-corrected chi connectivity index (χ2v) is 7.03. The maximum atomic E-state index is 12.6. The topological polar surface area (TPSA) is 38.8 Å². The van der Waals surface area contributed by atoms with Crippen molar-refractivity contribution in [2.45, 2.75) is 6.61 Å². The van der Waals surface area contributed by atoms with Crippen molar-refractivity contribution in [2.24, 2.45) is 0 Å². The molecule has 1 aromatic heterocycles. The van der Waals surface area contributed by atoms with Gasteiger partial charge in [0.1, 0.15) is 10.6 Å². The summed E-state index contributed by atoms with van der Waals surface area (Å²) in [6.07, 6.45) is 0. The number of rotatable bonds is 3. The fourth-order valence-corrected chi connectivity index (χ4v) is 4.44. The van der Waals surface area contributed by atoms with E-state index in [1.54, 1.807) is 11.0 Å². The standard InChI is InChI=1S/C14H11BrClF2NO3S/c15-7-1-2-8(22-14(17)18)9-10(16)12(23-11(7)9)13(20)19-3-5-21-6-4-19/h1-2,14H,3-6H2. The van der Waals surface area contributed by atoms with Gasteiger partial charge in [0.25, 0.3) is 5.91 Å². The molecule has 0 radical (unpaired) electrons. The zero-order valence-electron chi connectivity index (χ0n) is 11.7. The monoisotopic (exact) mass is 425 g/mol. The van der Waals surface area contributed by atoms with E-state index in [4.69, 9.17) is 16.3 Å². The highest BCUT2D eigenvalue weighted by Gasteiger charge is 2.26. The van der Waals surface area contributed by atoms with Crippen LogP contribution >= 0.6 is 38.9 Å². The number of ether oxygens (including phenoxy) is 2. The smallest absolute Gasteiger partial charge is 0.387 e. The van der Waals surface area contributed by atoms with Crippen molar-refractivity contribution < 1.29 is 23.0 Å². The maximum Gasteiger partial charge on any atom is 0.387 e. The van der Waals surface area contributed by atoms with Crippen LogP contribution < -0.4 is 4.74 Å². The van der Waals surface area contributed by atoms with E-state index in [-0.39, 0.29) is 16.7 Å². The second-order valence-electron chi connectivity index (χ2n) is 4.78. The van der Waals surface area contributed by atoms with Gasteiger partial charge in [0.05, 0.1) is 28.3 Å². The van der Waals surface area contributed by atoms with Gasteiger partial charge in [-0.25, -0.2) is 0 Å². The number of thiophene rings is 1. The molecule has 1 aliphatic rings. The van der Waals surface area contributed by atoms with Crippen molar-refractivity contribution in [1.82, 2.24) is 4.90 Å². The Labute approximate surface area is 148 Å². The zero-order chi connectivity index (χ0) is 16.6. The summed E-state index contributed by atoms with van der Waals surface area (Å²) in [7, 11) is 0. The third kappa shape index (κ3) is 3.31. The van der Waals surface area contributed by atoms with Gasteiger partial charge in [-0.3, -0.25) is 4.79 Å². The first-order chi connectivity index (χ1) is 11.0. The Morgan fingerprint density at radius 1 is 1.39 bits per heavy atom. The van der Waals surface area contributed by atoms with Gasteiger partial charge in [-0.2, -0.15) is 8.78 Å². The lowest BCUT2D eigenvalue weighted by Crippen LogP contribution is -2.40. The van der Waals surface area contributed by atoms with Gasteiger partial charge in [-0.1, -0.05) is 11.6 Å². The number of hydrogen-bond acceptors (Lipinski definition) is 4. The van der Waals surface area contributed by atoms with E-state index < -0.39 is 6.61 Å². The van der Waals surface area contributed by atoms with Gasteiger partial charge in [-0.15, -0.1) is 11.3 Å². The van der Waals surface area contributed by atoms with Gasteiger partial charge in [0.15, 0.2) is 0 Å². The number of hydrogen-bond donors (Lipinski definition) is 0. The third-order valence-electron chi connectivity index (χ3n) is 3.40. The molecule has 2 aromatic rings. The van der Waals surface area contributed by atoms with Crippen molar-refractivity contribution in [2.75, 3.05) is 26.3 Å². The highest BCUT2D eigenvalue weighted by molar-refractivity contribution is 9.10. The SMILES string of the molecule is O=C(c1sc2c(Br)ccc(OC(F)F)c2c1Cl)N1CCOCC1. The summed E-state index contributed by atoms with van der Waals surface area (Å²) in [6, 6.07) is 3.00. The molecule has 9 heteroatoms. The van der Waals surface area contributed by atoms with Gasteiger partial charge in [0, 0.05) is 17.6 Å². The molecule has 1 fully saturated rings. The molecule has 1 amide bonds. The van der Waals surface area contributed by atoms with Gasteiger partial charge in [-0.05, 0) is 28.1 Å². The predicted octanol–water partition coefficient (Wildman–Crippen LogP) is 4.39. The van der Waals surface area contributed by atoms with Crippen molar-refractivity contribution in [1.29, 1.82) is 0 Å². The summed E-state index contributed by atoms with van der Waals surface area (Å²) < 4.78 is 36.2. The first kappa shape index (κ1) is 16.9. The highest BCUT2D eigenvalue weighted by atomic mass is 79.9. The van der Waals surface area contributed by atoms with Crippen LogP contribution in [0, 0.1) is 0 Å². The Morgan fingerprint density at radius 2 is 2.09 bits per heavy atom. The maximum absolute atomic E-state index is 12.6. The number of benzene rings is 1. The minimum Gasteiger partial charge on any atom is -0.434 e. The Bertz CT molecular complexity index is 749.